The van der Waals surface area contributed by atoms with Crippen molar-refractivity contribution in [2.75, 3.05) is 18.9 Å². The lowest BCUT2D eigenvalue weighted by molar-refractivity contribution is 0.170. The molecular formula is C12H11BrN2O3. The molecule has 0 fully saturated rings. The molecule has 5 nitrogen and oxygen atoms in total. The zero-order valence-electron chi connectivity index (χ0n) is 9.70. The van der Waals surface area contributed by atoms with Crippen LogP contribution in [0, 0.1) is 6.92 Å². The van der Waals surface area contributed by atoms with Crippen LogP contribution in [0.2, 0.25) is 0 Å². The fourth-order valence-electron chi connectivity index (χ4n) is 2.03. The van der Waals surface area contributed by atoms with E-state index in [2.05, 4.69) is 21.1 Å². The van der Waals surface area contributed by atoms with Crippen molar-refractivity contribution < 1.29 is 14.0 Å². The Balaban J connectivity index is 2.24. The smallest absolute Gasteiger partial charge is 0.230 e. The van der Waals surface area contributed by atoms with E-state index in [1.165, 1.54) is 0 Å². The Bertz CT molecular complexity index is 610. The minimum absolute atomic E-state index is 0.287. The van der Waals surface area contributed by atoms with Crippen LogP contribution in [-0.2, 0) is 0 Å². The Morgan fingerprint density at radius 3 is 2.83 bits per heavy atom. The molecule has 2 heterocycles. The van der Waals surface area contributed by atoms with E-state index in [0.29, 0.717) is 19.0 Å². The number of hydrogen-bond acceptors (Lipinski definition) is 5. The molecule has 6 heteroatoms. The first kappa shape index (κ1) is 11.4. The van der Waals surface area contributed by atoms with E-state index >= 15 is 0 Å². The van der Waals surface area contributed by atoms with Gasteiger partial charge in [0.05, 0.1) is 16.2 Å². The first-order valence-corrected chi connectivity index (χ1v) is 6.27. The molecule has 0 spiro atoms. The van der Waals surface area contributed by atoms with Crippen LogP contribution in [0.4, 0.5) is 5.88 Å². The topological polar surface area (TPSA) is 70.5 Å². The number of fused-ring (bicyclic) bond motifs is 1. The minimum Gasteiger partial charge on any atom is -0.486 e. The van der Waals surface area contributed by atoms with Crippen LogP contribution in [0.15, 0.2) is 21.3 Å². The van der Waals surface area contributed by atoms with Gasteiger partial charge in [-0.25, -0.2) is 0 Å². The summed E-state index contributed by atoms with van der Waals surface area (Å²) in [6.07, 6.45) is 1.60. The number of ether oxygens (including phenoxy) is 2. The zero-order chi connectivity index (χ0) is 12.7. The first-order chi connectivity index (χ1) is 8.68. The second kappa shape index (κ2) is 4.20. The van der Waals surface area contributed by atoms with Gasteiger partial charge in [-0.15, -0.1) is 0 Å². The zero-order valence-corrected chi connectivity index (χ0v) is 11.3. The maximum Gasteiger partial charge on any atom is 0.230 e. The van der Waals surface area contributed by atoms with E-state index in [-0.39, 0.29) is 5.88 Å². The second-order valence-electron chi connectivity index (χ2n) is 4.01. The van der Waals surface area contributed by atoms with E-state index < -0.39 is 0 Å². The Labute approximate surface area is 112 Å². The highest BCUT2D eigenvalue weighted by Crippen LogP contribution is 2.46. The number of aromatic nitrogens is 1. The van der Waals surface area contributed by atoms with Crippen LogP contribution < -0.4 is 15.2 Å². The van der Waals surface area contributed by atoms with Crippen molar-refractivity contribution >= 4 is 21.8 Å². The Morgan fingerprint density at radius 2 is 2.11 bits per heavy atom. The maximum atomic E-state index is 5.76. The van der Waals surface area contributed by atoms with Crippen molar-refractivity contribution in [1.82, 2.24) is 5.16 Å². The third-order valence-corrected chi connectivity index (χ3v) is 3.60. The Morgan fingerprint density at radius 1 is 1.33 bits per heavy atom. The van der Waals surface area contributed by atoms with Crippen LogP contribution in [0.3, 0.4) is 0 Å². The number of benzene rings is 1. The van der Waals surface area contributed by atoms with Crippen molar-refractivity contribution in [1.29, 1.82) is 0 Å². The lowest BCUT2D eigenvalue weighted by atomic mass is 10.0. The van der Waals surface area contributed by atoms with Crippen molar-refractivity contribution in [2.24, 2.45) is 0 Å². The van der Waals surface area contributed by atoms with Gasteiger partial charge in [0.15, 0.2) is 11.5 Å². The third kappa shape index (κ3) is 1.64. The molecule has 0 saturated carbocycles. The number of nitrogens with two attached hydrogens (primary N) is 1. The van der Waals surface area contributed by atoms with E-state index in [4.69, 9.17) is 19.7 Å². The van der Waals surface area contributed by atoms with Crippen LogP contribution in [0.5, 0.6) is 11.5 Å². The van der Waals surface area contributed by atoms with Gasteiger partial charge in [0, 0.05) is 5.56 Å². The number of nitrogen functional groups attached to an aromatic ring is 1. The summed E-state index contributed by atoms with van der Waals surface area (Å²) in [5.41, 5.74) is 8.44. The largest absolute Gasteiger partial charge is 0.486 e. The molecule has 1 aromatic carbocycles. The normalized spacial score (nSPS) is 13.7. The highest BCUT2D eigenvalue weighted by atomic mass is 79.9. The molecule has 0 bridgehead atoms. The lowest BCUT2D eigenvalue weighted by Gasteiger charge is -2.22. The summed E-state index contributed by atoms with van der Waals surface area (Å²) in [7, 11) is 0. The van der Waals surface area contributed by atoms with Gasteiger partial charge in [0.25, 0.3) is 0 Å². The molecule has 2 N–H and O–H groups in total. The number of aryl methyl sites for hydroxylation is 1. The van der Waals surface area contributed by atoms with Gasteiger partial charge < -0.3 is 19.7 Å². The summed E-state index contributed by atoms with van der Waals surface area (Å²) in [5.74, 6) is 1.72. The Kier molecular flexibility index (Phi) is 2.66. The van der Waals surface area contributed by atoms with E-state index in [9.17, 15) is 0 Å². The van der Waals surface area contributed by atoms with Crippen molar-refractivity contribution in [3.8, 4) is 22.6 Å². The van der Waals surface area contributed by atoms with Gasteiger partial charge in [0.2, 0.25) is 5.88 Å². The summed E-state index contributed by atoms with van der Waals surface area (Å²) in [6.45, 7) is 3.08. The van der Waals surface area contributed by atoms with E-state index in [1.807, 2.05) is 13.0 Å². The average molecular weight is 311 g/mol. The predicted octanol–water partition coefficient (Wildman–Crippen LogP) is 2.77. The van der Waals surface area contributed by atoms with E-state index in [1.54, 1.807) is 6.20 Å². The number of hydrogen-bond donors (Lipinski definition) is 1. The number of nitrogens with zero attached hydrogens (tertiary/aromatic N) is 1. The molecule has 94 valence electrons. The van der Waals surface area contributed by atoms with Gasteiger partial charge in [0.1, 0.15) is 13.2 Å². The average Bonchev–Trinajstić information content (AvgIpc) is 2.76. The molecule has 0 saturated heterocycles. The molecule has 3 rings (SSSR count). The summed E-state index contributed by atoms with van der Waals surface area (Å²) in [6, 6.07) is 1.93. The summed E-state index contributed by atoms with van der Waals surface area (Å²) < 4.78 is 16.9. The monoisotopic (exact) mass is 310 g/mol. The summed E-state index contributed by atoms with van der Waals surface area (Å²) in [5, 5.41) is 3.70. The molecule has 0 aliphatic carbocycles. The van der Waals surface area contributed by atoms with Gasteiger partial charge in [-0.3, -0.25) is 0 Å². The SMILES string of the molecule is Cc1cc2c(c(Br)c1-c1cnoc1N)OCCO2. The molecule has 1 aliphatic heterocycles. The summed E-state index contributed by atoms with van der Waals surface area (Å²) in [4.78, 5) is 0. The van der Waals surface area contributed by atoms with Crippen molar-refractivity contribution in [3.05, 3.63) is 22.3 Å². The standard InChI is InChI=1S/C12H11BrN2O3/c1-6-4-8-11(17-3-2-16-8)10(13)9(6)7-5-15-18-12(7)14/h4-5H,2-3,14H2,1H3. The summed E-state index contributed by atoms with van der Waals surface area (Å²) >= 11 is 3.54. The van der Waals surface area contributed by atoms with Gasteiger partial charge in [-0.2, -0.15) is 0 Å². The molecule has 18 heavy (non-hydrogen) atoms. The fraction of sp³-hybridized carbons (Fsp3) is 0.250. The van der Waals surface area contributed by atoms with Crippen molar-refractivity contribution in [2.45, 2.75) is 6.92 Å². The van der Waals surface area contributed by atoms with Gasteiger partial charge in [-0.05, 0) is 34.5 Å². The quantitative estimate of drug-likeness (QED) is 0.877. The highest BCUT2D eigenvalue weighted by molar-refractivity contribution is 9.10. The van der Waals surface area contributed by atoms with Gasteiger partial charge >= 0.3 is 0 Å². The van der Waals surface area contributed by atoms with Crippen LogP contribution in [0.1, 0.15) is 5.56 Å². The lowest BCUT2D eigenvalue weighted by Crippen LogP contribution is -2.16. The molecule has 0 unspecified atom stereocenters. The fourth-order valence-corrected chi connectivity index (χ4v) is 2.87. The number of rotatable bonds is 1. The number of anilines is 1. The Hall–Kier alpha value is -1.69. The van der Waals surface area contributed by atoms with Crippen LogP contribution in [0.25, 0.3) is 11.1 Å². The van der Waals surface area contributed by atoms with Crippen molar-refractivity contribution in [3.63, 3.8) is 0 Å². The minimum atomic E-state index is 0.287. The third-order valence-electron chi connectivity index (χ3n) is 2.84. The second-order valence-corrected chi connectivity index (χ2v) is 4.80. The molecule has 0 atom stereocenters. The molecular weight excluding hydrogens is 300 g/mol. The van der Waals surface area contributed by atoms with Crippen LogP contribution in [-0.4, -0.2) is 18.4 Å². The molecule has 2 aromatic rings. The molecule has 0 radical (unpaired) electrons. The van der Waals surface area contributed by atoms with E-state index in [0.717, 1.165) is 26.9 Å². The maximum absolute atomic E-state index is 5.76. The molecule has 0 amide bonds. The highest BCUT2D eigenvalue weighted by Gasteiger charge is 2.23. The molecule has 1 aliphatic rings. The number of halogens is 1. The molecule has 1 aromatic heterocycles. The first-order valence-electron chi connectivity index (χ1n) is 5.47. The van der Waals surface area contributed by atoms with Crippen LogP contribution >= 0.6 is 15.9 Å². The predicted molar refractivity (Wildman–Crippen MR) is 69.8 cm³/mol. The van der Waals surface area contributed by atoms with Gasteiger partial charge in [-0.1, -0.05) is 5.16 Å².